The number of aliphatic hydroxyl groups excluding tert-OH is 1. The smallest absolute Gasteiger partial charge is 0.222 e. The normalized spacial score (nSPS) is 30.1. The Balaban J connectivity index is 1.86. The monoisotopic (exact) mass is 240 g/mol. The van der Waals surface area contributed by atoms with Crippen molar-refractivity contribution in [3.8, 4) is 0 Å². The second-order valence-electron chi connectivity index (χ2n) is 5.41. The van der Waals surface area contributed by atoms with Crippen LogP contribution in [-0.4, -0.2) is 60.1 Å². The molecule has 1 N–H and O–H groups in total. The van der Waals surface area contributed by atoms with Gasteiger partial charge in [0.25, 0.3) is 0 Å². The summed E-state index contributed by atoms with van der Waals surface area (Å²) in [6.07, 6.45) is 4.74. The number of piperidine rings is 2. The van der Waals surface area contributed by atoms with Gasteiger partial charge in [0.2, 0.25) is 5.91 Å². The third-order valence-corrected chi connectivity index (χ3v) is 4.25. The summed E-state index contributed by atoms with van der Waals surface area (Å²) in [5.41, 5.74) is 0. The number of hydrogen-bond acceptors (Lipinski definition) is 3. The van der Waals surface area contributed by atoms with Gasteiger partial charge in [0.1, 0.15) is 0 Å². The van der Waals surface area contributed by atoms with Crippen molar-refractivity contribution in [3.05, 3.63) is 0 Å². The summed E-state index contributed by atoms with van der Waals surface area (Å²) >= 11 is 0. The minimum atomic E-state index is 0.119. The molecular weight excluding hydrogens is 216 g/mol. The van der Waals surface area contributed by atoms with E-state index in [9.17, 15) is 4.79 Å². The van der Waals surface area contributed by atoms with Gasteiger partial charge in [-0.05, 0) is 45.2 Å². The maximum atomic E-state index is 11.9. The zero-order chi connectivity index (χ0) is 12.3. The summed E-state index contributed by atoms with van der Waals surface area (Å²) in [6, 6.07) is 0.686. The van der Waals surface area contributed by atoms with Crippen LogP contribution in [0.2, 0.25) is 0 Å². The van der Waals surface area contributed by atoms with Gasteiger partial charge in [0.15, 0.2) is 0 Å². The molecule has 1 amide bonds. The first-order valence-corrected chi connectivity index (χ1v) is 6.81. The van der Waals surface area contributed by atoms with Gasteiger partial charge in [-0.25, -0.2) is 0 Å². The van der Waals surface area contributed by atoms with Gasteiger partial charge in [-0.3, -0.25) is 4.79 Å². The van der Waals surface area contributed by atoms with E-state index >= 15 is 0 Å². The largest absolute Gasteiger partial charge is 0.396 e. The second-order valence-corrected chi connectivity index (χ2v) is 5.41. The lowest BCUT2D eigenvalue weighted by atomic mass is 9.84. The summed E-state index contributed by atoms with van der Waals surface area (Å²) in [6.45, 7) is 3.16. The van der Waals surface area contributed by atoms with Crippen molar-refractivity contribution in [1.82, 2.24) is 9.80 Å². The van der Waals surface area contributed by atoms with Crippen molar-refractivity contribution >= 4 is 5.91 Å². The molecule has 0 aromatic carbocycles. The number of aliphatic hydroxyl groups is 1. The van der Waals surface area contributed by atoms with E-state index in [1.54, 1.807) is 0 Å². The number of carbonyl (C=O) groups is 1. The molecule has 2 fully saturated rings. The zero-order valence-corrected chi connectivity index (χ0v) is 10.8. The van der Waals surface area contributed by atoms with Crippen molar-refractivity contribution in [2.24, 2.45) is 5.92 Å². The number of carbonyl (C=O) groups excluding carboxylic acids is 1. The number of hydrogen-bond donors (Lipinski definition) is 1. The lowest BCUT2D eigenvalue weighted by Gasteiger charge is -2.46. The average molecular weight is 240 g/mol. The number of fused-ring (bicyclic) bond motifs is 1. The van der Waals surface area contributed by atoms with Crippen LogP contribution in [0, 0.1) is 5.92 Å². The second kappa shape index (κ2) is 5.83. The van der Waals surface area contributed by atoms with Gasteiger partial charge >= 0.3 is 0 Å². The van der Waals surface area contributed by atoms with Gasteiger partial charge in [-0.15, -0.1) is 0 Å². The van der Waals surface area contributed by atoms with E-state index in [1.807, 2.05) is 4.90 Å². The summed E-state index contributed by atoms with van der Waals surface area (Å²) in [7, 11) is 2.21. The Kier molecular flexibility index (Phi) is 4.40. The van der Waals surface area contributed by atoms with E-state index in [-0.39, 0.29) is 12.5 Å². The van der Waals surface area contributed by atoms with E-state index in [1.165, 1.54) is 19.4 Å². The van der Waals surface area contributed by atoms with E-state index in [0.29, 0.717) is 24.8 Å². The standard InChI is InChI=1S/C13H24N2O2/c1-14-7-2-4-11-10-15(8-6-12(11)14)13(17)5-3-9-16/h11-12,16H,2-10H2,1H3. The van der Waals surface area contributed by atoms with Crippen LogP contribution in [0.4, 0.5) is 0 Å². The molecular formula is C13H24N2O2. The van der Waals surface area contributed by atoms with E-state index in [4.69, 9.17) is 5.11 Å². The summed E-state index contributed by atoms with van der Waals surface area (Å²) in [5, 5.41) is 8.76. The highest BCUT2D eigenvalue weighted by atomic mass is 16.3. The lowest BCUT2D eigenvalue weighted by molar-refractivity contribution is -0.135. The molecule has 0 saturated carbocycles. The van der Waals surface area contributed by atoms with Crippen LogP contribution < -0.4 is 0 Å². The topological polar surface area (TPSA) is 43.8 Å². The predicted octanol–water partition coefficient (Wildman–Crippen LogP) is 0.702. The van der Waals surface area contributed by atoms with Crippen LogP contribution in [0.5, 0.6) is 0 Å². The Bertz CT molecular complexity index is 270. The first-order valence-electron chi connectivity index (χ1n) is 6.81. The zero-order valence-electron chi connectivity index (χ0n) is 10.8. The molecule has 2 aliphatic heterocycles. The van der Waals surface area contributed by atoms with Gasteiger partial charge in [-0.1, -0.05) is 0 Å². The fraction of sp³-hybridized carbons (Fsp3) is 0.923. The SMILES string of the molecule is CN1CCCC2CN(C(=O)CCCO)CCC21. The Morgan fingerprint density at radius 1 is 1.35 bits per heavy atom. The van der Waals surface area contributed by atoms with Crippen LogP contribution in [-0.2, 0) is 4.79 Å². The van der Waals surface area contributed by atoms with Gasteiger partial charge in [-0.2, -0.15) is 0 Å². The molecule has 2 heterocycles. The van der Waals surface area contributed by atoms with Crippen molar-refractivity contribution in [1.29, 1.82) is 0 Å². The molecule has 98 valence electrons. The highest BCUT2D eigenvalue weighted by Crippen LogP contribution is 2.29. The summed E-state index contributed by atoms with van der Waals surface area (Å²) in [5.74, 6) is 0.895. The lowest BCUT2D eigenvalue weighted by Crippen LogP contribution is -2.53. The molecule has 2 rings (SSSR count). The molecule has 2 aliphatic rings. The van der Waals surface area contributed by atoms with Crippen molar-refractivity contribution < 1.29 is 9.90 Å². The maximum absolute atomic E-state index is 11.9. The van der Waals surface area contributed by atoms with E-state index < -0.39 is 0 Å². The van der Waals surface area contributed by atoms with E-state index in [2.05, 4.69) is 11.9 Å². The van der Waals surface area contributed by atoms with Crippen molar-refractivity contribution in [2.75, 3.05) is 33.3 Å². The summed E-state index contributed by atoms with van der Waals surface area (Å²) in [4.78, 5) is 16.4. The molecule has 0 aliphatic carbocycles. The maximum Gasteiger partial charge on any atom is 0.222 e. The fourth-order valence-corrected chi connectivity index (χ4v) is 3.27. The third-order valence-electron chi connectivity index (χ3n) is 4.25. The number of amides is 1. The highest BCUT2D eigenvalue weighted by molar-refractivity contribution is 5.76. The Labute approximate surface area is 104 Å². The Morgan fingerprint density at radius 2 is 2.18 bits per heavy atom. The molecule has 4 nitrogen and oxygen atoms in total. The molecule has 2 unspecified atom stereocenters. The van der Waals surface area contributed by atoms with E-state index in [0.717, 1.165) is 19.5 Å². The minimum Gasteiger partial charge on any atom is -0.396 e. The molecule has 2 atom stereocenters. The first-order chi connectivity index (χ1) is 8.22. The van der Waals surface area contributed by atoms with Crippen LogP contribution in [0.1, 0.15) is 32.1 Å². The molecule has 0 aromatic rings. The molecule has 4 heteroatoms. The van der Waals surface area contributed by atoms with Crippen LogP contribution >= 0.6 is 0 Å². The van der Waals surface area contributed by atoms with Crippen LogP contribution in [0.3, 0.4) is 0 Å². The molecule has 17 heavy (non-hydrogen) atoms. The molecule has 0 aromatic heterocycles. The quantitative estimate of drug-likeness (QED) is 0.790. The van der Waals surface area contributed by atoms with Gasteiger partial charge < -0.3 is 14.9 Å². The Morgan fingerprint density at radius 3 is 2.94 bits per heavy atom. The van der Waals surface area contributed by atoms with Gasteiger partial charge in [0, 0.05) is 32.2 Å². The number of nitrogens with zero attached hydrogens (tertiary/aromatic N) is 2. The van der Waals surface area contributed by atoms with Crippen LogP contribution in [0.15, 0.2) is 0 Å². The molecule has 0 radical (unpaired) electrons. The van der Waals surface area contributed by atoms with Crippen molar-refractivity contribution in [3.63, 3.8) is 0 Å². The van der Waals surface area contributed by atoms with Crippen LogP contribution in [0.25, 0.3) is 0 Å². The fourth-order valence-electron chi connectivity index (χ4n) is 3.27. The average Bonchev–Trinajstić information content (AvgIpc) is 2.36. The first kappa shape index (κ1) is 12.8. The molecule has 0 spiro atoms. The Hall–Kier alpha value is -0.610. The minimum absolute atomic E-state index is 0.119. The number of rotatable bonds is 3. The van der Waals surface area contributed by atoms with Crippen molar-refractivity contribution in [2.45, 2.75) is 38.1 Å². The number of likely N-dealkylation sites (tertiary alicyclic amines) is 2. The summed E-state index contributed by atoms with van der Waals surface area (Å²) < 4.78 is 0. The highest BCUT2D eigenvalue weighted by Gasteiger charge is 2.35. The van der Waals surface area contributed by atoms with Gasteiger partial charge in [0.05, 0.1) is 0 Å². The predicted molar refractivity (Wildman–Crippen MR) is 66.7 cm³/mol. The molecule has 2 saturated heterocycles. The third kappa shape index (κ3) is 2.99. The molecule has 0 bridgehead atoms.